The van der Waals surface area contributed by atoms with Crippen LogP contribution in [-0.4, -0.2) is 60.3 Å². The van der Waals surface area contributed by atoms with E-state index >= 15 is 0 Å². The maximum absolute atomic E-state index is 12.6. The van der Waals surface area contributed by atoms with Crippen LogP contribution in [0.5, 0.6) is 5.75 Å². The van der Waals surface area contributed by atoms with Gasteiger partial charge in [-0.1, -0.05) is 23.2 Å². The van der Waals surface area contributed by atoms with Gasteiger partial charge in [0.2, 0.25) is 11.8 Å². The standard InChI is InChI=1S/C22H24BrCl2N5O3/c1-13-21(23)30-9-5-6-17(22(30)27-13)33-12-14-15(24)7-8-16(20(14)25)29(4)19(32)10-26-18(31)11-28(2)3/h5-9H,10-12H2,1-4H3,(H,26,31). The minimum atomic E-state index is -0.319. The summed E-state index contributed by atoms with van der Waals surface area (Å²) in [7, 11) is 5.14. The van der Waals surface area contributed by atoms with Crippen LogP contribution in [0.25, 0.3) is 5.65 Å². The molecule has 0 unspecified atom stereocenters. The lowest BCUT2D eigenvalue weighted by Gasteiger charge is -2.21. The Labute approximate surface area is 210 Å². The minimum absolute atomic E-state index is 0.0797. The first-order valence-corrected chi connectivity index (χ1v) is 11.6. The van der Waals surface area contributed by atoms with Crippen LogP contribution >= 0.6 is 39.1 Å². The van der Waals surface area contributed by atoms with Crippen molar-refractivity contribution in [2.75, 3.05) is 39.1 Å². The molecule has 3 rings (SSSR count). The molecule has 176 valence electrons. The summed E-state index contributed by atoms with van der Waals surface area (Å²) in [6.07, 6.45) is 1.88. The Bertz CT molecular complexity index is 1200. The van der Waals surface area contributed by atoms with Crippen molar-refractivity contribution >= 4 is 62.3 Å². The van der Waals surface area contributed by atoms with E-state index in [9.17, 15) is 9.59 Å². The summed E-state index contributed by atoms with van der Waals surface area (Å²) >= 11 is 16.5. The Morgan fingerprint density at radius 3 is 2.64 bits per heavy atom. The molecule has 1 aromatic carbocycles. The molecule has 0 fully saturated rings. The van der Waals surface area contributed by atoms with Crippen LogP contribution < -0.4 is 15.0 Å². The molecule has 0 aliphatic carbocycles. The zero-order valence-electron chi connectivity index (χ0n) is 18.7. The predicted molar refractivity (Wildman–Crippen MR) is 133 cm³/mol. The van der Waals surface area contributed by atoms with Gasteiger partial charge in [0.05, 0.1) is 29.5 Å². The number of hydrogen-bond donors (Lipinski definition) is 1. The molecule has 0 radical (unpaired) electrons. The third kappa shape index (κ3) is 5.78. The molecule has 2 amide bonds. The van der Waals surface area contributed by atoms with Gasteiger partial charge in [0, 0.05) is 23.8 Å². The van der Waals surface area contributed by atoms with Crippen molar-refractivity contribution in [1.82, 2.24) is 19.6 Å². The summed E-state index contributed by atoms with van der Waals surface area (Å²) in [6, 6.07) is 6.98. The average molecular weight is 557 g/mol. The van der Waals surface area contributed by atoms with Gasteiger partial charge in [-0.2, -0.15) is 0 Å². The highest BCUT2D eigenvalue weighted by Crippen LogP contribution is 2.35. The van der Waals surface area contributed by atoms with Crippen LogP contribution in [0.4, 0.5) is 5.69 Å². The van der Waals surface area contributed by atoms with Gasteiger partial charge in [-0.15, -0.1) is 0 Å². The second-order valence-corrected chi connectivity index (χ2v) is 9.21. The van der Waals surface area contributed by atoms with E-state index in [0.29, 0.717) is 32.7 Å². The lowest BCUT2D eigenvalue weighted by Crippen LogP contribution is -2.41. The Balaban J connectivity index is 1.77. The Kier molecular flexibility index (Phi) is 8.23. The van der Waals surface area contributed by atoms with Crippen LogP contribution in [0, 0.1) is 6.92 Å². The number of fused-ring (bicyclic) bond motifs is 1. The second-order valence-electron chi connectivity index (χ2n) is 7.67. The number of halogens is 3. The number of aryl methyl sites for hydroxylation is 1. The van der Waals surface area contributed by atoms with E-state index in [0.717, 1.165) is 10.3 Å². The van der Waals surface area contributed by atoms with Crippen molar-refractivity contribution in [1.29, 1.82) is 0 Å². The maximum atomic E-state index is 12.6. The van der Waals surface area contributed by atoms with Crippen LogP contribution in [0.1, 0.15) is 11.3 Å². The van der Waals surface area contributed by atoms with Gasteiger partial charge in [-0.3, -0.25) is 14.0 Å². The normalized spacial score (nSPS) is 11.2. The lowest BCUT2D eigenvalue weighted by molar-refractivity contribution is -0.125. The van der Waals surface area contributed by atoms with E-state index in [1.165, 1.54) is 4.90 Å². The molecule has 0 atom stereocenters. The molecule has 2 heterocycles. The van der Waals surface area contributed by atoms with Crippen molar-refractivity contribution in [2.45, 2.75) is 13.5 Å². The molecule has 11 heteroatoms. The van der Waals surface area contributed by atoms with Crippen LogP contribution in [0.2, 0.25) is 10.0 Å². The summed E-state index contributed by atoms with van der Waals surface area (Å²) in [4.78, 5) is 32.1. The zero-order valence-corrected chi connectivity index (χ0v) is 21.8. The van der Waals surface area contributed by atoms with Gasteiger partial charge in [0.1, 0.15) is 11.2 Å². The Morgan fingerprint density at radius 2 is 1.94 bits per heavy atom. The number of hydrogen-bond acceptors (Lipinski definition) is 5. The third-order valence-electron chi connectivity index (χ3n) is 4.88. The SMILES string of the molecule is Cc1nc2c(OCc3c(Cl)ccc(N(C)C(=O)CNC(=O)CN(C)C)c3Cl)cccn2c1Br. The summed E-state index contributed by atoms with van der Waals surface area (Å²) < 4.78 is 8.73. The molecule has 0 saturated heterocycles. The first kappa shape index (κ1) is 25.3. The van der Waals surface area contributed by atoms with E-state index in [-0.39, 0.29) is 31.5 Å². The Hall–Kier alpha value is -2.33. The highest BCUT2D eigenvalue weighted by atomic mass is 79.9. The van der Waals surface area contributed by atoms with Crippen molar-refractivity contribution < 1.29 is 14.3 Å². The number of aromatic nitrogens is 2. The number of imidazole rings is 1. The first-order chi connectivity index (χ1) is 15.6. The first-order valence-electron chi connectivity index (χ1n) is 10.0. The maximum Gasteiger partial charge on any atom is 0.246 e. The average Bonchev–Trinajstić information content (AvgIpc) is 3.05. The minimum Gasteiger partial charge on any atom is -0.485 e. The molecule has 0 bridgehead atoms. The van der Waals surface area contributed by atoms with Gasteiger partial charge in [-0.25, -0.2) is 4.98 Å². The number of carbonyl (C=O) groups excluding carboxylic acids is 2. The number of likely N-dealkylation sites (N-methyl/N-ethyl adjacent to an activating group) is 2. The molecule has 1 N–H and O–H groups in total. The number of pyridine rings is 1. The summed E-state index contributed by atoms with van der Waals surface area (Å²) in [5.41, 5.74) is 2.49. The molecular formula is C22H24BrCl2N5O3. The van der Waals surface area contributed by atoms with Crippen molar-refractivity contribution in [3.05, 3.63) is 56.4 Å². The van der Waals surface area contributed by atoms with Crippen LogP contribution in [-0.2, 0) is 16.2 Å². The molecule has 33 heavy (non-hydrogen) atoms. The number of benzene rings is 1. The topological polar surface area (TPSA) is 79.2 Å². The largest absolute Gasteiger partial charge is 0.485 e. The number of anilines is 1. The molecule has 3 aromatic rings. The Morgan fingerprint density at radius 1 is 1.21 bits per heavy atom. The summed E-state index contributed by atoms with van der Waals surface area (Å²) in [6.45, 7) is 2.02. The van der Waals surface area contributed by atoms with Gasteiger partial charge in [0.25, 0.3) is 0 Å². The highest BCUT2D eigenvalue weighted by Gasteiger charge is 2.20. The van der Waals surface area contributed by atoms with Gasteiger partial charge in [0.15, 0.2) is 11.4 Å². The number of nitrogens with zero attached hydrogens (tertiary/aromatic N) is 4. The zero-order chi connectivity index (χ0) is 24.3. The summed E-state index contributed by atoms with van der Waals surface area (Å²) in [5, 5.41) is 3.31. The van der Waals surface area contributed by atoms with Gasteiger partial charge < -0.3 is 19.9 Å². The molecule has 0 aliphatic heterocycles. The highest BCUT2D eigenvalue weighted by molar-refractivity contribution is 9.10. The van der Waals surface area contributed by atoms with E-state index in [1.807, 2.05) is 29.7 Å². The molecule has 8 nitrogen and oxygen atoms in total. The number of ether oxygens (including phenoxy) is 1. The molecule has 0 saturated carbocycles. The fourth-order valence-electron chi connectivity index (χ4n) is 3.14. The molecule has 0 aliphatic rings. The van der Waals surface area contributed by atoms with Crippen molar-refractivity contribution in [3.8, 4) is 5.75 Å². The molecule has 0 spiro atoms. The van der Waals surface area contributed by atoms with Crippen LogP contribution in [0.3, 0.4) is 0 Å². The third-order valence-corrected chi connectivity index (χ3v) is 6.62. The van der Waals surface area contributed by atoms with Crippen molar-refractivity contribution in [3.63, 3.8) is 0 Å². The van der Waals surface area contributed by atoms with Crippen LogP contribution in [0.15, 0.2) is 35.1 Å². The monoisotopic (exact) mass is 555 g/mol. The van der Waals surface area contributed by atoms with Crippen molar-refractivity contribution in [2.24, 2.45) is 0 Å². The van der Waals surface area contributed by atoms with Gasteiger partial charge >= 0.3 is 0 Å². The van der Waals surface area contributed by atoms with Gasteiger partial charge in [-0.05, 0) is 61.2 Å². The van der Waals surface area contributed by atoms with E-state index < -0.39 is 0 Å². The lowest BCUT2D eigenvalue weighted by atomic mass is 10.2. The number of rotatable bonds is 8. The second kappa shape index (κ2) is 10.7. The molecule has 2 aromatic heterocycles. The smallest absolute Gasteiger partial charge is 0.246 e. The fraction of sp³-hybridized carbons (Fsp3) is 0.318. The quantitative estimate of drug-likeness (QED) is 0.455. The summed E-state index contributed by atoms with van der Waals surface area (Å²) in [5.74, 6) is 0.00521. The fourth-order valence-corrected chi connectivity index (χ4v) is 4.12. The number of nitrogens with one attached hydrogen (secondary N) is 1. The van der Waals surface area contributed by atoms with E-state index in [4.69, 9.17) is 27.9 Å². The number of carbonyl (C=O) groups is 2. The molecular weight excluding hydrogens is 533 g/mol. The number of amides is 2. The van der Waals surface area contributed by atoms with E-state index in [1.54, 1.807) is 38.2 Å². The van der Waals surface area contributed by atoms with E-state index in [2.05, 4.69) is 26.2 Å². The predicted octanol–water partition coefficient (Wildman–Crippen LogP) is 3.93.